The van der Waals surface area contributed by atoms with Gasteiger partial charge in [0, 0.05) is 39.8 Å². The van der Waals surface area contributed by atoms with Gasteiger partial charge < -0.3 is 20.4 Å². The summed E-state index contributed by atoms with van der Waals surface area (Å²) in [6, 6.07) is 0. The molecule has 1 fully saturated rings. The molecular formula is C13H24N4O3. The summed E-state index contributed by atoms with van der Waals surface area (Å²) in [5.74, 6) is -1.07. The van der Waals surface area contributed by atoms with E-state index < -0.39 is 11.8 Å². The third kappa shape index (κ3) is 5.16. The number of carbonyl (C=O) groups is 3. The number of likely N-dealkylation sites (N-methyl/N-ethyl adjacent to an activating group) is 1. The predicted octanol–water partition coefficient (Wildman–Crippen LogP) is -1.35. The molecule has 0 aromatic heterocycles. The van der Waals surface area contributed by atoms with E-state index >= 15 is 0 Å². The minimum absolute atomic E-state index is 0.0939. The molecule has 7 nitrogen and oxygen atoms in total. The first-order chi connectivity index (χ1) is 9.41. The molecule has 0 radical (unpaired) electrons. The quantitative estimate of drug-likeness (QED) is 0.625. The smallest absolute Gasteiger partial charge is 0.312 e. The largest absolute Gasteiger partial charge is 0.354 e. The van der Waals surface area contributed by atoms with Crippen molar-refractivity contribution in [2.45, 2.75) is 13.8 Å². The molecule has 0 saturated carbocycles. The van der Waals surface area contributed by atoms with Crippen LogP contribution in [0.5, 0.6) is 0 Å². The van der Waals surface area contributed by atoms with Crippen molar-refractivity contribution in [2.75, 3.05) is 46.3 Å². The fourth-order valence-electron chi connectivity index (χ4n) is 1.83. The summed E-state index contributed by atoms with van der Waals surface area (Å²) in [6.07, 6.45) is 0. The van der Waals surface area contributed by atoms with Gasteiger partial charge in [-0.2, -0.15) is 0 Å². The van der Waals surface area contributed by atoms with Crippen LogP contribution >= 0.6 is 0 Å². The molecule has 7 heteroatoms. The summed E-state index contributed by atoms with van der Waals surface area (Å²) in [5.41, 5.74) is 0. The molecule has 1 saturated heterocycles. The van der Waals surface area contributed by atoms with Crippen molar-refractivity contribution in [1.29, 1.82) is 0 Å². The van der Waals surface area contributed by atoms with E-state index in [0.717, 1.165) is 0 Å². The SMILES string of the molecule is CC(C)CNC(=O)CN(C)C(=O)C(=O)N1CCNCC1. The summed E-state index contributed by atoms with van der Waals surface area (Å²) >= 11 is 0. The van der Waals surface area contributed by atoms with Gasteiger partial charge in [-0.05, 0) is 5.92 Å². The molecule has 114 valence electrons. The Morgan fingerprint density at radius 3 is 2.40 bits per heavy atom. The third-order valence-corrected chi connectivity index (χ3v) is 3.02. The number of nitrogens with zero attached hydrogens (tertiary/aromatic N) is 2. The lowest BCUT2D eigenvalue weighted by molar-refractivity contribution is -0.152. The topological polar surface area (TPSA) is 81.8 Å². The molecule has 1 aliphatic rings. The Kier molecular flexibility index (Phi) is 6.44. The van der Waals surface area contributed by atoms with Crippen molar-refractivity contribution in [3.8, 4) is 0 Å². The van der Waals surface area contributed by atoms with Gasteiger partial charge in [-0.15, -0.1) is 0 Å². The molecule has 0 spiro atoms. The number of piperazine rings is 1. The Hall–Kier alpha value is -1.63. The zero-order chi connectivity index (χ0) is 15.1. The second-order valence-corrected chi connectivity index (χ2v) is 5.40. The zero-order valence-electron chi connectivity index (χ0n) is 12.4. The minimum atomic E-state index is -0.633. The second kappa shape index (κ2) is 7.84. The number of nitrogens with one attached hydrogen (secondary N) is 2. The molecular weight excluding hydrogens is 260 g/mol. The van der Waals surface area contributed by atoms with Gasteiger partial charge in [0.05, 0.1) is 6.54 Å². The average molecular weight is 284 g/mol. The number of rotatable bonds is 4. The highest BCUT2D eigenvalue weighted by Gasteiger charge is 2.26. The molecule has 0 bridgehead atoms. The molecule has 0 aromatic rings. The molecule has 2 N–H and O–H groups in total. The predicted molar refractivity (Wildman–Crippen MR) is 74.9 cm³/mol. The van der Waals surface area contributed by atoms with Gasteiger partial charge in [-0.3, -0.25) is 14.4 Å². The summed E-state index contributed by atoms with van der Waals surface area (Å²) in [5, 5.41) is 5.83. The molecule has 1 heterocycles. The van der Waals surface area contributed by atoms with Crippen molar-refractivity contribution >= 4 is 17.7 Å². The highest BCUT2D eigenvalue weighted by Crippen LogP contribution is 1.97. The number of carbonyl (C=O) groups excluding carboxylic acids is 3. The van der Waals surface area contributed by atoms with E-state index in [9.17, 15) is 14.4 Å². The van der Waals surface area contributed by atoms with Crippen LogP contribution < -0.4 is 10.6 Å². The van der Waals surface area contributed by atoms with Gasteiger partial charge in [0.15, 0.2) is 0 Å². The Morgan fingerprint density at radius 2 is 1.85 bits per heavy atom. The van der Waals surface area contributed by atoms with Crippen molar-refractivity contribution in [1.82, 2.24) is 20.4 Å². The van der Waals surface area contributed by atoms with Gasteiger partial charge in [-0.1, -0.05) is 13.8 Å². The molecule has 1 rings (SSSR count). The average Bonchev–Trinajstić information content (AvgIpc) is 2.44. The summed E-state index contributed by atoms with van der Waals surface area (Å²) in [4.78, 5) is 38.2. The highest BCUT2D eigenvalue weighted by molar-refractivity contribution is 6.35. The van der Waals surface area contributed by atoms with Crippen LogP contribution in [0.25, 0.3) is 0 Å². The lowest BCUT2D eigenvalue weighted by Crippen LogP contribution is -2.52. The van der Waals surface area contributed by atoms with Gasteiger partial charge in [0.2, 0.25) is 5.91 Å². The van der Waals surface area contributed by atoms with Crippen molar-refractivity contribution in [3.63, 3.8) is 0 Å². The van der Waals surface area contributed by atoms with Gasteiger partial charge >= 0.3 is 11.8 Å². The monoisotopic (exact) mass is 284 g/mol. The lowest BCUT2D eigenvalue weighted by Gasteiger charge is -2.28. The zero-order valence-corrected chi connectivity index (χ0v) is 12.4. The van der Waals surface area contributed by atoms with E-state index in [4.69, 9.17) is 0 Å². The van der Waals surface area contributed by atoms with Gasteiger partial charge in [-0.25, -0.2) is 0 Å². The van der Waals surface area contributed by atoms with Crippen LogP contribution in [0.4, 0.5) is 0 Å². The standard InChI is InChI=1S/C13H24N4O3/c1-10(2)8-15-11(18)9-16(3)12(19)13(20)17-6-4-14-5-7-17/h10,14H,4-9H2,1-3H3,(H,15,18). The van der Waals surface area contributed by atoms with Crippen LogP contribution in [0, 0.1) is 5.92 Å². The summed E-state index contributed by atoms with van der Waals surface area (Å²) < 4.78 is 0. The number of hydrogen-bond acceptors (Lipinski definition) is 4. The Bertz CT molecular complexity index is 365. The first-order valence-electron chi connectivity index (χ1n) is 6.93. The second-order valence-electron chi connectivity index (χ2n) is 5.40. The Labute approximate surface area is 119 Å². The molecule has 1 aliphatic heterocycles. The van der Waals surface area contributed by atoms with E-state index in [-0.39, 0.29) is 12.5 Å². The molecule has 0 unspecified atom stereocenters. The summed E-state index contributed by atoms with van der Waals surface area (Å²) in [6.45, 7) is 6.88. The highest BCUT2D eigenvalue weighted by atomic mass is 16.2. The number of hydrogen-bond donors (Lipinski definition) is 2. The van der Waals surface area contributed by atoms with Crippen molar-refractivity contribution < 1.29 is 14.4 Å². The minimum Gasteiger partial charge on any atom is -0.354 e. The van der Waals surface area contributed by atoms with E-state index in [0.29, 0.717) is 38.6 Å². The van der Waals surface area contributed by atoms with Crippen LogP contribution in [0.3, 0.4) is 0 Å². The fraction of sp³-hybridized carbons (Fsp3) is 0.769. The molecule has 0 aliphatic carbocycles. The van der Waals surface area contributed by atoms with Crippen LogP contribution in [0.15, 0.2) is 0 Å². The number of amides is 3. The first-order valence-corrected chi connectivity index (χ1v) is 6.93. The van der Waals surface area contributed by atoms with Crippen molar-refractivity contribution in [2.24, 2.45) is 5.92 Å². The van der Waals surface area contributed by atoms with Crippen LogP contribution in [0.2, 0.25) is 0 Å². The Balaban J connectivity index is 2.41. The van der Waals surface area contributed by atoms with E-state index in [1.54, 1.807) is 0 Å². The maximum Gasteiger partial charge on any atom is 0.312 e. The van der Waals surface area contributed by atoms with Gasteiger partial charge in [0.1, 0.15) is 0 Å². The van der Waals surface area contributed by atoms with Crippen LogP contribution in [0.1, 0.15) is 13.8 Å². The normalized spacial score (nSPS) is 15.1. The van der Waals surface area contributed by atoms with Crippen LogP contribution in [-0.2, 0) is 14.4 Å². The third-order valence-electron chi connectivity index (χ3n) is 3.02. The van der Waals surface area contributed by atoms with Crippen LogP contribution in [-0.4, -0.2) is 73.8 Å². The Morgan fingerprint density at radius 1 is 1.25 bits per heavy atom. The summed E-state index contributed by atoms with van der Waals surface area (Å²) in [7, 11) is 1.47. The van der Waals surface area contributed by atoms with E-state index in [1.807, 2.05) is 13.8 Å². The fourth-order valence-corrected chi connectivity index (χ4v) is 1.83. The molecule has 3 amide bonds. The molecule has 0 atom stereocenters. The van der Waals surface area contributed by atoms with Gasteiger partial charge in [0.25, 0.3) is 0 Å². The maximum absolute atomic E-state index is 12.0. The first kappa shape index (κ1) is 16.4. The van der Waals surface area contributed by atoms with Crippen molar-refractivity contribution in [3.05, 3.63) is 0 Å². The van der Waals surface area contributed by atoms with E-state index in [2.05, 4.69) is 10.6 Å². The molecule has 20 heavy (non-hydrogen) atoms. The van der Waals surface area contributed by atoms with E-state index in [1.165, 1.54) is 16.8 Å². The maximum atomic E-state index is 12.0. The lowest BCUT2D eigenvalue weighted by atomic mass is 10.2. The molecule has 0 aromatic carbocycles.